The molecule has 0 spiro atoms. The largest absolute Gasteiger partial charge is 0.495 e. The third kappa shape index (κ3) is 7.17. The second kappa shape index (κ2) is 13.5. The summed E-state index contributed by atoms with van der Waals surface area (Å²) in [5.41, 5.74) is 3.77. The Morgan fingerprint density at radius 1 is 0.911 bits per heavy atom. The third-order valence-electron chi connectivity index (χ3n) is 7.66. The number of thiazole rings is 1. The molecule has 5 aromatic rings. The first-order valence-corrected chi connectivity index (χ1v) is 15.5. The minimum absolute atomic E-state index is 0.370. The molecule has 45 heavy (non-hydrogen) atoms. The molecule has 0 unspecified atom stereocenters. The smallest absolute Gasteiger partial charge is 0.323 e. The molecule has 0 aliphatic carbocycles. The molecular weight excluding hydrogens is 592 g/mol. The van der Waals surface area contributed by atoms with Gasteiger partial charge in [0.1, 0.15) is 24.5 Å². The lowest BCUT2D eigenvalue weighted by Crippen LogP contribution is -2.45. The lowest BCUT2D eigenvalue weighted by atomic mass is 10.2. The fourth-order valence-electron chi connectivity index (χ4n) is 5.15. The Bertz CT molecular complexity index is 1820. The minimum atomic E-state index is -0.370. The number of amides is 2. The molecule has 0 atom stereocenters. The van der Waals surface area contributed by atoms with E-state index in [0.717, 1.165) is 59.4 Å². The van der Waals surface area contributed by atoms with Gasteiger partial charge in [-0.05, 0) is 55.9 Å². The van der Waals surface area contributed by atoms with E-state index >= 15 is 0 Å². The van der Waals surface area contributed by atoms with Crippen LogP contribution in [0.25, 0.3) is 21.1 Å². The number of benzene rings is 3. The molecule has 13 heteroatoms. The van der Waals surface area contributed by atoms with Crippen LogP contribution in [0.2, 0.25) is 0 Å². The van der Waals surface area contributed by atoms with Gasteiger partial charge in [0.25, 0.3) is 0 Å². The maximum Gasteiger partial charge on any atom is 0.323 e. The first-order valence-electron chi connectivity index (χ1n) is 14.6. The van der Waals surface area contributed by atoms with E-state index < -0.39 is 0 Å². The van der Waals surface area contributed by atoms with E-state index in [1.165, 1.54) is 17.7 Å². The highest BCUT2D eigenvalue weighted by molar-refractivity contribution is 7.22. The number of methoxy groups -OCH3 is 2. The van der Waals surface area contributed by atoms with Crippen molar-refractivity contribution < 1.29 is 19.0 Å². The number of urea groups is 1. The van der Waals surface area contributed by atoms with E-state index in [-0.39, 0.29) is 6.03 Å². The molecule has 1 saturated heterocycles. The van der Waals surface area contributed by atoms with Crippen molar-refractivity contribution in [3.05, 3.63) is 60.4 Å². The van der Waals surface area contributed by atoms with Gasteiger partial charge in [-0.25, -0.2) is 19.7 Å². The molecule has 3 N–H and O–H groups in total. The van der Waals surface area contributed by atoms with Crippen LogP contribution >= 0.6 is 11.3 Å². The molecule has 234 valence electrons. The summed E-state index contributed by atoms with van der Waals surface area (Å²) in [6.07, 6.45) is 1.52. The maximum atomic E-state index is 12.7. The molecule has 0 radical (unpaired) electrons. The van der Waals surface area contributed by atoms with E-state index in [1.807, 2.05) is 55.5 Å². The van der Waals surface area contributed by atoms with Crippen molar-refractivity contribution in [1.29, 1.82) is 0 Å². The molecule has 12 nitrogen and oxygen atoms in total. The minimum Gasteiger partial charge on any atom is -0.495 e. The second-order valence-corrected chi connectivity index (χ2v) is 11.9. The molecule has 6 rings (SSSR count). The highest BCUT2D eigenvalue weighted by Crippen LogP contribution is 2.36. The average Bonchev–Trinajstić information content (AvgIpc) is 3.43. The van der Waals surface area contributed by atoms with Gasteiger partial charge >= 0.3 is 6.03 Å². The summed E-state index contributed by atoms with van der Waals surface area (Å²) in [7, 11) is 5.35. The molecule has 2 aromatic heterocycles. The molecule has 0 saturated carbocycles. The van der Waals surface area contributed by atoms with Crippen LogP contribution in [0.4, 0.5) is 27.1 Å². The summed E-state index contributed by atoms with van der Waals surface area (Å²) in [6, 6.07) is 14.6. The van der Waals surface area contributed by atoms with Gasteiger partial charge in [-0.1, -0.05) is 17.4 Å². The van der Waals surface area contributed by atoms with Crippen molar-refractivity contribution in [2.24, 2.45) is 0 Å². The number of anilines is 4. The number of aryl methyl sites for hydroxylation is 1. The van der Waals surface area contributed by atoms with Gasteiger partial charge in [0, 0.05) is 49.9 Å². The number of rotatable bonds is 10. The zero-order valence-corrected chi connectivity index (χ0v) is 26.5. The Balaban J connectivity index is 1.14. The van der Waals surface area contributed by atoms with Crippen LogP contribution in [0, 0.1) is 6.92 Å². The van der Waals surface area contributed by atoms with Crippen molar-refractivity contribution in [1.82, 2.24) is 24.8 Å². The highest BCUT2D eigenvalue weighted by Gasteiger charge is 2.16. The summed E-state index contributed by atoms with van der Waals surface area (Å²) in [5.74, 6) is 2.45. The van der Waals surface area contributed by atoms with Crippen LogP contribution in [-0.2, 0) is 0 Å². The van der Waals surface area contributed by atoms with E-state index in [4.69, 9.17) is 19.2 Å². The molecule has 2 amide bonds. The lowest BCUT2D eigenvalue weighted by molar-refractivity contribution is 0.133. The van der Waals surface area contributed by atoms with E-state index in [0.29, 0.717) is 46.2 Å². The van der Waals surface area contributed by atoms with Crippen LogP contribution in [0.1, 0.15) is 5.56 Å². The fourth-order valence-corrected chi connectivity index (χ4v) is 6.06. The molecule has 1 fully saturated rings. The quantitative estimate of drug-likeness (QED) is 0.181. The first-order chi connectivity index (χ1) is 21.9. The second-order valence-electron chi connectivity index (χ2n) is 10.8. The molecule has 3 heterocycles. The van der Waals surface area contributed by atoms with Gasteiger partial charge in [0.05, 0.1) is 35.6 Å². The summed E-state index contributed by atoms with van der Waals surface area (Å²) >= 11 is 1.45. The number of likely N-dealkylation sites (N-methyl/N-ethyl adjacent to an activating group) is 1. The molecule has 0 bridgehead atoms. The molecule has 1 aliphatic heterocycles. The number of hydrogen-bond donors (Lipinski definition) is 3. The number of piperazine rings is 1. The van der Waals surface area contributed by atoms with Gasteiger partial charge in [-0.2, -0.15) is 0 Å². The SMILES string of the molecule is COc1ccc(C)cc1NC(=O)Nc1ccc2nc(Nc3ncnc4cc(OCCN5CCN(C)CC5)c(OC)cc34)sc2c1. The van der Waals surface area contributed by atoms with E-state index in [1.54, 1.807) is 14.2 Å². The van der Waals surface area contributed by atoms with Gasteiger partial charge in [-0.3, -0.25) is 4.90 Å². The standard InChI is InChI=1S/C32H36N8O4S/c1-20-5-8-26(42-3)25(15-20)36-31(41)35-21-6-7-23-29(16-21)45-32(37-23)38-30-22-17-27(43-4)28(18-24(22)33-19-34-30)44-14-13-40-11-9-39(2)10-12-40/h5-8,15-19H,9-14H2,1-4H3,(H2,35,36,41)(H,33,34,37,38). The van der Waals surface area contributed by atoms with Crippen LogP contribution < -0.4 is 30.2 Å². The summed E-state index contributed by atoms with van der Waals surface area (Å²) < 4.78 is 18.1. The zero-order valence-electron chi connectivity index (χ0n) is 25.7. The van der Waals surface area contributed by atoms with Gasteiger partial charge < -0.3 is 35.1 Å². The first kappa shape index (κ1) is 30.3. The topological polar surface area (TPSA) is 126 Å². The Morgan fingerprint density at radius 2 is 1.73 bits per heavy atom. The van der Waals surface area contributed by atoms with Crippen LogP contribution in [-0.4, -0.2) is 91.4 Å². The summed E-state index contributed by atoms with van der Waals surface area (Å²) in [6.45, 7) is 7.59. The fraction of sp³-hybridized carbons (Fsp3) is 0.312. The number of nitrogens with zero attached hydrogens (tertiary/aromatic N) is 5. The molecule has 3 aromatic carbocycles. The highest BCUT2D eigenvalue weighted by atomic mass is 32.1. The Labute approximate surface area is 265 Å². The van der Waals surface area contributed by atoms with E-state index in [9.17, 15) is 4.79 Å². The number of ether oxygens (including phenoxy) is 3. The Morgan fingerprint density at radius 3 is 2.53 bits per heavy atom. The van der Waals surface area contributed by atoms with Gasteiger partial charge in [-0.15, -0.1) is 0 Å². The van der Waals surface area contributed by atoms with Crippen molar-refractivity contribution in [3.8, 4) is 17.2 Å². The van der Waals surface area contributed by atoms with Crippen LogP contribution in [0.15, 0.2) is 54.9 Å². The number of nitrogens with one attached hydrogen (secondary N) is 3. The summed E-state index contributed by atoms with van der Waals surface area (Å²) in [5, 5.41) is 10.5. The van der Waals surface area contributed by atoms with Crippen molar-refractivity contribution in [2.45, 2.75) is 6.92 Å². The van der Waals surface area contributed by atoms with Crippen LogP contribution in [0.5, 0.6) is 17.2 Å². The van der Waals surface area contributed by atoms with Crippen molar-refractivity contribution in [2.75, 3.05) is 76.5 Å². The van der Waals surface area contributed by atoms with Crippen LogP contribution in [0.3, 0.4) is 0 Å². The third-order valence-corrected chi connectivity index (χ3v) is 8.59. The number of carbonyl (C=O) groups excluding carboxylic acids is 1. The number of hydrogen-bond acceptors (Lipinski definition) is 11. The number of aromatic nitrogens is 3. The zero-order chi connectivity index (χ0) is 31.3. The predicted octanol–water partition coefficient (Wildman–Crippen LogP) is 5.58. The van der Waals surface area contributed by atoms with Crippen molar-refractivity contribution >= 4 is 60.8 Å². The predicted molar refractivity (Wildman–Crippen MR) is 179 cm³/mol. The Hall–Kier alpha value is -4.72. The monoisotopic (exact) mass is 628 g/mol. The van der Waals surface area contributed by atoms with Gasteiger partial charge in [0.15, 0.2) is 16.6 Å². The molecular formula is C32H36N8O4S. The number of fused-ring (bicyclic) bond motifs is 2. The average molecular weight is 629 g/mol. The normalized spacial score (nSPS) is 14.0. The summed E-state index contributed by atoms with van der Waals surface area (Å²) in [4.78, 5) is 31.2. The Kier molecular flexibility index (Phi) is 9.10. The number of carbonyl (C=O) groups is 1. The van der Waals surface area contributed by atoms with E-state index in [2.05, 4.69) is 42.8 Å². The lowest BCUT2D eigenvalue weighted by Gasteiger charge is -2.32. The van der Waals surface area contributed by atoms with Gasteiger partial charge in [0.2, 0.25) is 0 Å². The maximum absolute atomic E-state index is 12.7. The molecule has 1 aliphatic rings. The van der Waals surface area contributed by atoms with Crippen molar-refractivity contribution in [3.63, 3.8) is 0 Å².